The maximum absolute atomic E-state index is 13.7. The summed E-state index contributed by atoms with van der Waals surface area (Å²) in [5.74, 6) is -1.77. The van der Waals surface area contributed by atoms with Crippen molar-refractivity contribution in [2.45, 2.75) is 387 Å². The van der Waals surface area contributed by atoms with E-state index in [4.69, 9.17) is 0 Å². The predicted octanol–water partition coefficient (Wildman–Crippen LogP) is 27.2. The Morgan fingerprint density at radius 1 is 0.238 bits per heavy atom. The highest BCUT2D eigenvalue weighted by molar-refractivity contribution is 5.49. The molecule has 0 amide bonds. The lowest BCUT2D eigenvalue weighted by atomic mass is 9.64. The molecule has 16 unspecified atom stereocenters. The number of aliphatic hydroxyl groups is 8. The first kappa shape index (κ1) is 101. The average Bonchev–Trinajstić information content (AvgIpc) is 0.760. The molecule has 0 aromatic heterocycles. The van der Waals surface area contributed by atoms with Gasteiger partial charge < -0.3 is 40.9 Å². The van der Waals surface area contributed by atoms with E-state index in [1.165, 1.54) is 16.7 Å². The Labute approximate surface area is 746 Å². The van der Waals surface area contributed by atoms with Crippen LogP contribution < -0.4 is 0 Å². The maximum atomic E-state index is 13.7. The molecule has 0 spiro atoms. The van der Waals surface area contributed by atoms with Crippen molar-refractivity contribution in [3.63, 3.8) is 0 Å². The SMILES string of the molecule is CC(C)C[C@H](C)C1=CC2CC3=CC([C@@H](C)CC(C)C)=CC(CC4C=C([C@@H](C)CC(C)(C)C)C=C(CC5C=C(C(C)(C)CC(C)(C)C)C=C(CC6=CC(C(C)(C)CC(C)(C)C)=CC(CC7C=C(C(C)(C)CC(C)(C)C)C=C(CC8C=C(C(C)(C)CC(C)(C)C)C=C(CC9=CC([C@H](C)CC(C)(C)C)=CC(CC(=C1)C2O)C9O)C8O)C7O)C6O)C5O)C4O)C3O. The molecule has 1 saturated carbocycles. The Kier molecular flexibility index (Phi) is 31.8. The minimum absolute atomic E-state index is 0.00248. The van der Waals surface area contributed by atoms with Gasteiger partial charge in [-0.2, -0.15) is 0 Å². The van der Waals surface area contributed by atoms with Gasteiger partial charge in [-0.05, 0) is 282 Å². The molecule has 0 aromatic carbocycles. The van der Waals surface area contributed by atoms with Crippen molar-refractivity contribution in [3.8, 4) is 0 Å². The van der Waals surface area contributed by atoms with Crippen LogP contribution in [0.2, 0.25) is 0 Å². The van der Waals surface area contributed by atoms with E-state index in [1.807, 2.05) is 0 Å². The second-order valence-corrected chi connectivity index (χ2v) is 52.3. The molecular weight excluding hydrogens is 1500 g/mol. The third-order valence-electron chi connectivity index (χ3n) is 28.8. The second-order valence-electron chi connectivity index (χ2n) is 52.3. The molecule has 1 fully saturated rings. The Bertz CT molecular complexity index is 4230. The molecule has 8 heteroatoms. The molecule has 0 aliphatic heterocycles. The maximum Gasteiger partial charge on any atom is 0.0822 e. The van der Waals surface area contributed by atoms with Crippen molar-refractivity contribution in [1.29, 1.82) is 0 Å². The molecule has 9 aliphatic rings. The Hall–Kier alpha value is -4.48. The van der Waals surface area contributed by atoms with Crippen LogP contribution in [0.5, 0.6) is 0 Å². The monoisotopic (exact) mass is 1680 g/mol. The Morgan fingerprint density at radius 2 is 0.426 bits per heavy atom. The molecule has 8 N–H and O–H groups in total. The smallest absolute Gasteiger partial charge is 0.0822 e. The lowest BCUT2D eigenvalue weighted by molar-refractivity contribution is 0.0967. The summed E-state index contributed by atoms with van der Waals surface area (Å²) in [5, 5.41) is 109. The van der Waals surface area contributed by atoms with Gasteiger partial charge in [-0.25, -0.2) is 0 Å². The molecule has 122 heavy (non-hydrogen) atoms. The lowest BCUT2D eigenvalue weighted by Crippen LogP contribution is -2.37. The van der Waals surface area contributed by atoms with Crippen LogP contribution in [0, 0.1) is 137 Å². The summed E-state index contributed by atoms with van der Waals surface area (Å²) in [6, 6.07) is 0. The van der Waals surface area contributed by atoms with Gasteiger partial charge in [0.25, 0.3) is 0 Å². The van der Waals surface area contributed by atoms with Crippen molar-refractivity contribution in [2.24, 2.45) is 137 Å². The van der Waals surface area contributed by atoms with Gasteiger partial charge in [-0.3, -0.25) is 0 Å². The normalized spacial score (nSPS) is 30.5. The molecule has 9 rings (SSSR count). The molecule has 0 radical (unpaired) electrons. The third-order valence-corrected chi connectivity index (χ3v) is 28.8. The van der Waals surface area contributed by atoms with Gasteiger partial charge in [-0.1, -0.05) is 333 Å². The van der Waals surface area contributed by atoms with E-state index in [2.05, 4.69) is 333 Å². The first-order valence-corrected chi connectivity index (χ1v) is 48.5. The van der Waals surface area contributed by atoms with Gasteiger partial charge in [0, 0.05) is 47.3 Å². The highest BCUT2D eigenvalue weighted by Crippen LogP contribution is 2.55. The van der Waals surface area contributed by atoms with Crippen molar-refractivity contribution >= 4 is 0 Å². The number of fused-ring (bicyclic) bond motifs is 16. The Balaban J connectivity index is 1.28. The van der Waals surface area contributed by atoms with Crippen LogP contribution >= 0.6 is 0 Å². The zero-order valence-electron chi connectivity index (χ0n) is 83.8. The van der Waals surface area contributed by atoms with Crippen LogP contribution in [0.15, 0.2) is 186 Å². The van der Waals surface area contributed by atoms with Crippen LogP contribution in [0.4, 0.5) is 0 Å². The molecule has 20 atom stereocenters. The minimum atomic E-state index is -0.958. The zero-order chi connectivity index (χ0) is 91.6. The van der Waals surface area contributed by atoms with Crippen LogP contribution in [0.3, 0.4) is 0 Å². The summed E-state index contributed by atoms with van der Waals surface area (Å²) in [7, 11) is 0. The quantitative estimate of drug-likeness (QED) is 0.0673. The summed E-state index contributed by atoms with van der Waals surface area (Å²) < 4.78 is 0. The fraction of sp³-hybridized carbons (Fsp3) is 0.719. The minimum Gasteiger partial charge on any atom is -0.388 e. The molecule has 8 nitrogen and oxygen atoms in total. The first-order valence-electron chi connectivity index (χ1n) is 48.5. The molecule has 0 heterocycles. The van der Waals surface area contributed by atoms with Crippen molar-refractivity contribution in [3.05, 3.63) is 186 Å². The molecule has 9 aliphatic carbocycles. The molecular formula is C114H180O8. The van der Waals surface area contributed by atoms with Crippen LogP contribution in [-0.4, -0.2) is 89.7 Å². The van der Waals surface area contributed by atoms with Crippen molar-refractivity contribution < 1.29 is 40.9 Å². The molecule has 16 bridgehead atoms. The fourth-order valence-electron chi connectivity index (χ4n) is 24.9. The van der Waals surface area contributed by atoms with Gasteiger partial charge in [0.2, 0.25) is 0 Å². The van der Waals surface area contributed by atoms with E-state index in [1.54, 1.807) is 0 Å². The third kappa shape index (κ3) is 26.9. The number of rotatable bonds is 18. The van der Waals surface area contributed by atoms with Gasteiger partial charge in [-0.15, -0.1) is 0 Å². The first-order chi connectivity index (χ1) is 55.6. The van der Waals surface area contributed by atoms with E-state index in [0.717, 1.165) is 124 Å². The van der Waals surface area contributed by atoms with E-state index in [-0.39, 0.29) is 95.6 Å². The largest absolute Gasteiger partial charge is 0.388 e. The Morgan fingerprint density at radius 3 is 0.689 bits per heavy atom. The standard InChI is InChI=1S/C114H180O8/c1-67(2)35-69(5)73-37-77-45-78-38-74(70(6)36-68(3)4)40-80(98(78)116)47-82-42-76(72(8)62-106(12,13)14)44-84(100(82)118)49-86-54-94(112(29,30)64-108(18,19)20)56-88(102(86)120)51-90-58-96(114(33,34)66-110(24,25)26)60-92(104(90)122)52-91-59-95(113(31,32)65-109(21,22)23)57-89(103(91)121)50-87-55-93(111(27,28)63-107(15,16)17)53-85(101(87)119)48-83-43-75(71(7)61-105(9,10)11)41-81(99(83)117)46-79(39-73)97(77)115/h37-44,53-60,67-72,77,80-82,86-87,91-92,97-104,115-122H,35-36,45-52,61-66H2,1-34H3/t69-,70-,71+,72-,77?,80?,81?,82?,86?,87?,91?,92?,97?,98?,99?,100?,101?,102?,103?,104?/m0/s1. The average molecular weight is 1680 g/mol. The number of hydrogen-bond acceptors (Lipinski definition) is 8. The van der Waals surface area contributed by atoms with E-state index < -0.39 is 78.4 Å². The molecule has 0 aromatic rings. The fourth-order valence-corrected chi connectivity index (χ4v) is 24.9. The number of aliphatic hydroxyl groups excluding tert-OH is 8. The van der Waals surface area contributed by atoms with Gasteiger partial charge >= 0.3 is 0 Å². The van der Waals surface area contributed by atoms with Crippen molar-refractivity contribution in [1.82, 2.24) is 0 Å². The van der Waals surface area contributed by atoms with Crippen LogP contribution in [0.1, 0.15) is 338 Å². The lowest BCUT2D eigenvalue weighted by Gasteiger charge is -2.42. The summed E-state index contributed by atoms with van der Waals surface area (Å²) in [5.41, 5.74) is 14.8. The van der Waals surface area contributed by atoms with Gasteiger partial charge in [0.1, 0.15) is 0 Å². The highest BCUT2D eigenvalue weighted by atomic mass is 16.3. The summed E-state index contributed by atoms with van der Waals surface area (Å²) in [4.78, 5) is 0. The summed E-state index contributed by atoms with van der Waals surface area (Å²) >= 11 is 0. The van der Waals surface area contributed by atoms with E-state index in [0.29, 0.717) is 63.2 Å². The summed E-state index contributed by atoms with van der Waals surface area (Å²) in [6.45, 7) is 78.6. The second kappa shape index (κ2) is 38.3. The zero-order valence-corrected chi connectivity index (χ0v) is 83.8. The molecule has 684 valence electrons. The molecule has 0 saturated heterocycles. The van der Waals surface area contributed by atoms with Crippen LogP contribution in [0.25, 0.3) is 0 Å². The van der Waals surface area contributed by atoms with Gasteiger partial charge in [0.15, 0.2) is 0 Å². The topological polar surface area (TPSA) is 162 Å². The predicted molar refractivity (Wildman–Crippen MR) is 517 cm³/mol. The number of allylic oxidation sites excluding steroid dienone is 16. The number of hydrogen-bond donors (Lipinski definition) is 8. The van der Waals surface area contributed by atoms with Gasteiger partial charge in [0.05, 0.1) is 48.8 Å². The summed E-state index contributed by atoms with van der Waals surface area (Å²) in [6.07, 6.45) is 39.8. The van der Waals surface area contributed by atoms with Crippen LogP contribution in [-0.2, 0) is 0 Å². The van der Waals surface area contributed by atoms with E-state index in [9.17, 15) is 40.9 Å². The van der Waals surface area contributed by atoms with Crippen molar-refractivity contribution in [2.75, 3.05) is 0 Å². The highest BCUT2D eigenvalue weighted by Gasteiger charge is 2.46. The van der Waals surface area contributed by atoms with E-state index >= 15 is 0 Å².